The fourth-order valence-corrected chi connectivity index (χ4v) is 0.237. The van der Waals surface area contributed by atoms with E-state index in [1.807, 2.05) is 0 Å². The number of rotatable bonds is 1. The number of esters is 1. The van der Waals surface area contributed by atoms with Gasteiger partial charge in [-0.05, 0) is 6.92 Å². The Labute approximate surface area is 51.7 Å². The molecule has 0 aliphatic rings. The molecule has 9 heavy (non-hydrogen) atoms. The van der Waals surface area contributed by atoms with Crippen LogP contribution in [0.3, 0.4) is 0 Å². The Balaban J connectivity index is 4.21. The van der Waals surface area contributed by atoms with Gasteiger partial charge in [0.2, 0.25) is 5.83 Å². The molecule has 4 heteroatoms. The van der Waals surface area contributed by atoms with Crippen LogP contribution in [0, 0.1) is 0 Å². The van der Waals surface area contributed by atoms with E-state index in [1.54, 1.807) is 0 Å². The summed E-state index contributed by atoms with van der Waals surface area (Å²) < 4.78 is 16.0. The lowest BCUT2D eigenvalue weighted by Gasteiger charge is -1.93. The maximum atomic E-state index is 12.1. The van der Waals surface area contributed by atoms with Crippen molar-refractivity contribution in [2.75, 3.05) is 7.11 Å². The smallest absolute Gasteiger partial charge is 0.370 e. The zero-order chi connectivity index (χ0) is 7.44. The number of allylic oxidation sites excluding steroid dienone is 1. The van der Waals surface area contributed by atoms with Gasteiger partial charge in [0.1, 0.15) is 5.76 Å². The summed E-state index contributed by atoms with van der Waals surface area (Å²) in [5.74, 6) is -3.07. The van der Waals surface area contributed by atoms with Gasteiger partial charge in [0.25, 0.3) is 0 Å². The number of hydrogen-bond donors (Lipinski definition) is 1. The molecular formula is C5H7FO3. The summed E-state index contributed by atoms with van der Waals surface area (Å²) in [5, 5.41) is 8.33. The van der Waals surface area contributed by atoms with Gasteiger partial charge >= 0.3 is 5.97 Å². The van der Waals surface area contributed by atoms with E-state index >= 15 is 0 Å². The molecule has 52 valence electrons. The lowest BCUT2D eigenvalue weighted by molar-refractivity contribution is -0.138. The summed E-state index contributed by atoms with van der Waals surface area (Å²) in [6.07, 6.45) is 0. The van der Waals surface area contributed by atoms with Crippen molar-refractivity contribution < 1.29 is 19.0 Å². The third-order valence-corrected chi connectivity index (χ3v) is 0.682. The maximum Gasteiger partial charge on any atom is 0.370 e. The molecule has 0 bridgehead atoms. The molecule has 0 aromatic heterocycles. The predicted molar refractivity (Wildman–Crippen MR) is 28.5 cm³/mol. The van der Waals surface area contributed by atoms with E-state index in [1.165, 1.54) is 0 Å². The highest BCUT2D eigenvalue weighted by Gasteiger charge is 2.10. The third kappa shape index (κ3) is 2.12. The normalized spacial score (nSPS) is 12.3. The summed E-state index contributed by atoms with van der Waals surface area (Å²) in [7, 11) is 1.03. The van der Waals surface area contributed by atoms with Crippen molar-refractivity contribution >= 4 is 5.97 Å². The molecule has 0 saturated heterocycles. The van der Waals surface area contributed by atoms with Gasteiger partial charge in [-0.2, -0.15) is 4.39 Å². The molecule has 0 atom stereocenters. The predicted octanol–water partition coefficient (Wildman–Crippen LogP) is 0.918. The van der Waals surface area contributed by atoms with Gasteiger partial charge < -0.3 is 9.84 Å². The first-order chi connectivity index (χ1) is 4.09. The fraction of sp³-hybridized carbons (Fsp3) is 0.400. The summed E-state index contributed by atoms with van der Waals surface area (Å²) in [4.78, 5) is 10.1. The first-order valence-corrected chi connectivity index (χ1v) is 2.23. The summed E-state index contributed by atoms with van der Waals surface area (Å²) >= 11 is 0. The standard InChI is InChI=1S/C5H7FO3/c1-3(7)4(6)5(8)9-2/h7H,1-2H3. The molecule has 0 unspecified atom stereocenters. The Hall–Kier alpha value is -1.06. The Morgan fingerprint density at radius 3 is 2.22 bits per heavy atom. The van der Waals surface area contributed by atoms with Gasteiger partial charge in [0, 0.05) is 0 Å². The second-order valence-corrected chi connectivity index (χ2v) is 1.39. The average molecular weight is 134 g/mol. The molecule has 0 aromatic rings. The molecule has 1 N–H and O–H groups in total. The van der Waals surface area contributed by atoms with Gasteiger partial charge in [0.15, 0.2) is 0 Å². The van der Waals surface area contributed by atoms with Crippen molar-refractivity contribution in [2.45, 2.75) is 6.92 Å². The van der Waals surface area contributed by atoms with Gasteiger partial charge in [0.05, 0.1) is 7.11 Å². The molecule has 0 heterocycles. The second kappa shape index (κ2) is 3.06. The first-order valence-electron chi connectivity index (χ1n) is 2.23. The Morgan fingerprint density at radius 2 is 2.11 bits per heavy atom. The minimum absolute atomic E-state index is 0.665. The van der Waals surface area contributed by atoms with Crippen molar-refractivity contribution in [1.82, 2.24) is 0 Å². The summed E-state index contributed by atoms with van der Waals surface area (Å²) in [5.41, 5.74) is 0. The van der Waals surface area contributed by atoms with Crippen LogP contribution in [0.25, 0.3) is 0 Å². The van der Waals surface area contributed by atoms with Gasteiger partial charge in [-0.1, -0.05) is 0 Å². The molecule has 0 aromatic carbocycles. The monoisotopic (exact) mass is 134 g/mol. The summed E-state index contributed by atoms with van der Waals surface area (Å²) in [6.45, 7) is 1.06. The Bertz CT molecular complexity index is 146. The molecule has 0 aliphatic carbocycles. The number of carbonyl (C=O) groups excluding carboxylic acids is 1. The van der Waals surface area contributed by atoms with Crippen LogP contribution in [0.1, 0.15) is 6.92 Å². The molecule has 0 saturated carbocycles. The van der Waals surface area contributed by atoms with E-state index in [-0.39, 0.29) is 0 Å². The molecule has 0 rings (SSSR count). The van der Waals surface area contributed by atoms with Crippen LogP contribution in [-0.2, 0) is 9.53 Å². The molecule has 0 spiro atoms. The van der Waals surface area contributed by atoms with Crippen LogP contribution in [0.15, 0.2) is 11.6 Å². The van der Waals surface area contributed by atoms with Crippen LogP contribution in [-0.4, -0.2) is 18.2 Å². The average Bonchev–Trinajstić information content (AvgIpc) is 1.84. The number of aliphatic hydroxyl groups excluding tert-OH is 1. The summed E-state index contributed by atoms with van der Waals surface area (Å²) in [6, 6.07) is 0. The largest absolute Gasteiger partial charge is 0.509 e. The van der Waals surface area contributed by atoms with E-state index < -0.39 is 17.6 Å². The molecule has 3 nitrogen and oxygen atoms in total. The number of carbonyl (C=O) groups is 1. The van der Waals surface area contributed by atoms with Gasteiger partial charge in [-0.25, -0.2) is 4.79 Å². The van der Waals surface area contributed by atoms with Crippen LogP contribution in [0.5, 0.6) is 0 Å². The number of methoxy groups -OCH3 is 1. The van der Waals surface area contributed by atoms with Gasteiger partial charge in [-0.15, -0.1) is 0 Å². The van der Waals surface area contributed by atoms with Crippen molar-refractivity contribution in [2.24, 2.45) is 0 Å². The SMILES string of the molecule is COC(=O)C(F)=C(C)O. The van der Waals surface area contributed by atoms with Crippen LogP contribution >= 0.6 is 0 Å². The van der Waals surface area contributed by atoms with E-state index in [0.29, 0.717) is 0 Å². The lowest BCUT2D eigenvalue weighted by atomic mass is 10.4. The molecule has 0 aliphatic heterocycles. The number of aliphatic hydroxyl groups is 1. The van der Waals surface area contributed by atoms with Gasteiger partial charge in [-0.3, -0.25) is 0 Å². The third-order valence-electron chi connectivity index (χ3n) is 0.682. The van der Waals surface area contributed by atoms with E-state index in [9.17, 15) is 9.18 Å². The topological polar surface area (TPSA) is 46.5 Å². The zero-order valence-corrected chi connectivity index (χ0v) is 5.14. The van der Waals surface area contributed by atoms with E-state index in [0.717, 1.165) is 14.0 Å². The Kier molecular flexibility index (Phi) is 2.70. The van der Waals surface area contributed by atoms with Crippen LogP contribution < -0.4 is 0 Å². The molecule has 0 fully saturated rings. The van der Waals surface area contributed by atoms with Crippen LogP contribution in [0.2, 0.25) is 0 Å². The molecular weight excluding hydrogens is 127 g/mol. The van der Waals surface area contributed by atoms with E-state index in [2.05, 4.69) is 4.74 Å². The minimum atomic E-state index is -1.25. The number of ether oxygens (including phenoxy) is 1. The van der Waals surface area contributed by atoms with Crippen molar-refractivity contribution in [3.05, 3.63) is 11.6 Å². The highest BCUT2D eigenvalue weighted by molar-refractivity contribution is 5.86. The second-order valence-electron chi connectivity index (χ2n) is 1.39. The number of halogens is 1. The van der Waals surface area contributed by atoms with Crippen molar-refractivity contribution in [1.29, 1.82) is 0 Å². The Morgan fingerprint density at radius 1 is 1.67 bits per heavy atom. The quantitative estimate of drug-likeness (QED) is 0.329. The maximum absolute atomic E-state index is 12.1. The minimum Gasteiger partial charge on any atom is -0.509 e. The molecule has 0 amide bonds. The van der Waals surface area contributed by atoms with Crippen LogP contribution in [0.4, 0.5) is 4.39 Å². The highest BCUT2D eigenvalue weighted by Crippen LogP contribution is 2.02. The zero-order valence-electron chi connectivity index (χ0n) is 5.14. The number of hydrogen-bond acceptors (Lipinski definition) is 3. The van der Waals surface area contributed by atoms with E-state index in [4.69, 9.17) is 5.11 Å². The van der Waals surface area contributed by atoms with Crippen molar-refractivity contribution in [3.8, 4) is 0 Å². The molecule has 0 radical (unpaired) electrons. The lowest BCUT2D eigenvalue weighted by Crippen LogP contribution is -2.02. The highest BCUT2D eigenvalue weighted by atomic mass is 19.1. The fourth-order valence-electron chi connectivity index (χ4n) is 0.237. The van der Waals surface area contributed by atoms with Crippen molar-refractivity contribution in [3.63, 3.8) is 0 Å². The first kappa shape index (κ1) is 7.94.